The molecular formula is C17H25ClN2O5. The third kappa shape index (κ3) is 7.51. The summed E-state index contributed by atoms with van der Waals surface area (Å²) >= 11 is 6.05. The van der Waals surface area contributed by atoms with E-state index < -0.39 is 11.6 Å². The van der Waals surface area contributed by atoms with E-state index in [1.54, 1.807) is 12.1 Å². The minimum atomic E-state index is -0.508. The van der Waals surface area contributed by atoms with Gasteiger partial charge in [0.15, 0.2) is 0 Å². The number of benzene rings is 1. The van der Waals surface area contributed by atoms with Gasteiger partial charge in [0.1, 0.15) is 17.1 Å². The van der Waals surface area contributed by atoms with Gasteiger partial charge in [0.2, 0.25) is 0 Å². The number of methoxy groups -OCH3 is 2. The van der Waals surface area contributed by atoms with Crippen molar-refractivity contribution in [2.24, 2.45) is 0 Å². The highest BCUT2D eigenvalue weighted by atomic mass is 35.5. The number of halogens is 1. The molecule has 0 saturated carbocycles. The number of rotatable bonds is 7. The second-order valence-electron chi connectivity index (χ2n) is 6.26. The van der Waals surface area contributed by atoms with Crippen molar-refractivity contribution in [1.29, 1.82) is 0 Å². The smallest absolute Gasteiger partial charge is 0.319 e. The molecule has 0 aromatic heterocycles. The summed E-state index contributed by atoms with van der Waals surface area (Å²) in [5, 5.41) is 5.66. The highest BCUT2D eigenvalue weighted by molar-refractivity contribution is 6.32. The van der Waals surface area contributed by atoms with E-state index in [0.29, 0.717) is 35.2 Å². The largest absolute Gasteiger partial charge is 0.495 e. The lowest BCUT2D eigenvalue weighted by Crippen LogP contribution is -2.30. The monoisotopic (exact) mass is 372 g/mol. The van der Waals surface area contributed by atoms with E-state index >= 15 is 0 Å². The standard InChI is InChI=1S/C17H25ClN2O5/c1-17(2,3)25-15(21)7-6-8-19-16(22)20-12-9-11(18)13(23-4)10-14(12)24-5/h9-10H,6-8H2,1-5H3,(H2,19,20,22). The Hall–Kier alpha value is -2.15. The molecule has 0 unspecified atom stereocenters. The first-order valence-corrected chi connectivity index (χ1v) is 8.22. The molecule has 0 spiro atoms. The molecule has 2 N–H and O–H groups in total. The highest BCUT2D eigenvalue weighted by Crippen LogP contribution is 2.35. The summed E-state index contributed by atoms with van der Waals surface area (Å²) in [7, 11) is 2.97. The Kier molecular flexibility index (Phi) is 7.83. The van der Waals surface area contributed by atoms with E-state index in [0.717, 1.165) is 0 Å². The number of hydrogen-bond donors (Lipinski definition) is 2. The summed E-state index contributed by atoms with van der Waals surface area (Å²) in [5.41, 5.74) is -0.0931. The predicted molar refractivity (Wildman–Crippen MR) is 96.7 cm³/mol. The lowest BCUT2D eigenvalue weighted by Gasteiger charge is -2.19. The fourth-order valence-corrected chi connectivity index (χ4v) is 2.19. The normalized spacial score (nSPS) is 10.8. The third-order valence-corrected chi connectivity index (χ3v) is 3.28. The quantitative estimate of drug-likeness (QED) is 0.564. The summed E-state index contributed by atoms with van der Waals surface area (Å²) in [4.78, 5) is 23.5. The Morgan fingerprint density at radius 1 is 1.12 bits per heavy atom. The van der Waals surface area contributed by atoms with Crippen LogP contribution >= 0.6 is 11.6 Å². The van der Waals surface area contributed by atoms with Crippen molar-refractivity contribution < 1.29 is 23.8 Å². The van der Waals surface area contributed by atoms with E-state index in [1.165, 1.54) is 14.2 Å². The number of hydrogen-bond acceptors (Lipinski definition) is 5. The number of carbonyl (C=O) groups is 2. The average molecular weight is 373 g/mol. The number of anilines is 1. The Bertz CT molecular complexity index is 614. The van der Waals surface area contributed by atoms with E-state index in [1.807, 2.05) is 20.8 Å². The van der Waals surface area contributed by atoms with Gasteiger partial charge in [0, 0.05) is 19.0 Å². The van der Waals surface area contributed by atoms with Crippen LogP contribution in [0.15, 0.2) is 12.1 Å². The van der Waals surface area contributed by atoms with Gasteiger partial charge in [-0.25, -0.2) is 4.79 Å². The van der Waals surface area contributed by atoms with Gasteiger partial charge in [-0.1, -0.05) is 11.6 Å². The second-order valence-corrected chi connectivity index (χ2v) is 6.67. The Balaban J connectivity index is 2.47. The first-order valence-electron chi connectivity index (χ1n) is 7.84. The molecule has 0 radical (unpaired) electrons. The minimum absolute atomic E-state index is 0.231. The van der Waals surface area contributed by atoms with Crippen molar-refractivity contribution in [2.45, 2.75) is 39.2 Å². The molecule has 25 heavy (non-hydrogen) atoms. The van der Waals surface area contributed by atoms with E-state index in [-0.39, 0.29) is 12.4 Å². The Morgan fingerprint density at radius 2 is 1.76 bits per heavy atom. The molecule has 0 aliphatic heterocycles. The predicted octanol–water partition coefficient (Wildman–Crippen LogP) is 3.60. The number of urea groups is 1. The molecular weight excluding hydrogens is 348 g/mol. The van der Waals surface area contributed by atoms with Crippen molar-refractivity contribution in [3.63, 3.8) is 0 Å². The van der Waals surface area contributed by atoms with Gasteiger partial charge in [-0.3, -0.25) is 4.79 Å². The SMILES string of the molecule is COc1cc(OC)c(NC(=O)NCCCC(=O)OC(C)(C)C)cc1Cl. The number of carbonyl (C=O) groups excluding carboxylic acids is 2. The second kappa shape index (κ2) is 9.36. The molecule has 0 aliphatic rings. The summed E-state index contributed by atoms with van der Waals surface area (Å²) in [6.07, 6.45) is 0.706. The zero-order valence-electron chi connectivity index (χ0n) is 15.2. The molecule has 0 bridgehead atoms. The van der Waals surface area contributed by atoms with Gasteiger partial charge in [-0.15, -0.1) is 0 Å². The highest BCUT2D eigenvalue weighted by Gasteiger charge is 2.16. The molecule has 1 rings (SSSR count). The molecule has 1 aromatic carbocycles. The molecule has 1 aromatic rings. The average Bonchev–Trinajstić information content (AvgIpc) is 2.50. The fourth-order valence-electron chi connectivity index (χ4n) is 1.95. The number of esters is 1. The molecule has 140 valence electrons. The van der Waals surface area contributed by atoms with E-state index in [9.17, 15) is 9.59 Å². The molecule has 0 saturated heterocycles. The van der Waals surface area contributed by atoms with Gasteiger partial charge < -0.3 is 24.8 Å². The lowest BCUT2D eigenvalue weighted by molar-refractivity contribution is -0.154. The molecule has 2 amide bonds. The maximum atomic E-state index is 12.0. The van der Waals surface area contributed by atoms with E-state index in [2.05, 4.69) is 10.6 Å². The van der Waals surface area contributed by atoms with Crippen LogP contribution in [0.2, 0.25) is 5.02 Å². The van der Waals surface area contributed by atoms with Crippen molar-refractivity contribution in [3.05, 3.63) is 17.2 Å². The van der Waals surface area contributed by atoms with Crippen molar-refractivity contribution >= 4 is 29.3 Å². The summed E-state index contributed by atoms with van der Waals surface area (Å²) in [6, 6.07) is 2.70. The zero-order valence-corrected chi connectivity index (χ0v) is 16.0. The van der Waals surface area contributed by atoms with Crippen LogP contribution in [0.4, 0.5) is 10.5 Å². The van der Waals surface area contributed by atoms with Crippen molar-refractivity contribution in [3.8, 4) is 11.5 Å². The molecule has 0 aliphatic carbocycles. The fraction of sp³-hybridized carbons (Fsp3) is 0.529. The maximum Gasteiger partial charge on any atom is 0.319 e. The zero-order chi connectivity index (χ0) is 19.0. The van der Waals surface area contributed by atoms with Gasteiger partial charge in [0.05, 0.1) is 24.9 Å². The summed E-state index contributed by atoms with van der Waals surface area (Å²) < 4.78 is 15.5. The van der Waals surface area contributed by atoms with Gasteiger partial charge in [-0.2, -0.15) is 0 Å². The number of ether oxygens (including phenoxy) is 3. The molecule has 0 heterocycles. The van der Waals surface area contributed by atoms with Crippen LogP contribution in [0.1, 0.15) is 33.6 Å². The maximum absolute atomic E-state index is 12.0. The summed E-state index contributed by atoms with van der Waals surface area (Å²) in [6.45, 7) is 5.76. The third-order valence-electron chi connectivity index (χ3n) is 2.99. The van der Waals surface area contributed by atoms with Gasteiger partial charge in [-0.05, 0) is 33.3 Å². The minimum Gasteiger partial charge on any atom is -0.495 e. The van der Waals surface area contributed by atoms with Crippen molar-refractivity contribution in [1.82, 2.24) is 5.32 Å². The van der Waals surface area contributed by atoms with Crippen LogP contribution in [0.3, 0.4) is 0 Å². The molecule has 0 fully saturated rings. The van der Waals surface area contributed by atoms with Crippen LogP contribution in [0.25, 0.3) is 0 Å². The van der Waals surface area contributed by atoms with Gasteiger partial charge in [0.25, 0.3) is 0 Å². The van der Waals surface area contributed by atoms with E-state index in [4.69, 9.17) is 25.8 Å². The van der Waals surface area contributed by atoms with Crippen LogP contribution in [0, 0.1) is 0 Å². The van der Waals surface area contributed by atoms with Crippen LogP contribution < -0.4 is 20.1 Å². The number of amides is 2. The van der Waals surface area contributed by atoms with Crippen LogP contribution in [-0.2, 0) is 9.53 Å². The summed E-state index contributed by atoms with van der Waals surface area (Å²) in [5.74, 6) is 0.574. The Labute approximate surface area is 153 Å². The first kappa shape index (κ1) is 20.9. The molecule has 0 atom stereocenters. The molecule has 7 nitrogen and oxygen atoms in total. The van der Waals surface area contributed by atoms with Crippen molar-refractivity contribution in [2.75, 3.05) is 26.1 Å². The van der Waals surface area contributed by atoms with Gasteiger partial charge >= 0.3 is 12.0 Å². The van der Waals surface area contributed by atoms with Crippen LogP contribution in [0.5, 0.6) is 11.5 Å². The lowest BCUT2D eigenvalue weighted by atomic mass is 10.2. The number of nitrogens with one attached hydrogen (secondary N) is 2. The topological polar surface area (TPSA) is 85.9 Å². The molecule has 8 heteroatoms. The Morgan fingerprint density at radius 3 is 2.32 bits per heavy atom. The van der Waals surface area contributed by atoms with Crippen LogP contribution in [-0.4, -0.2) is 38.4 Å². The first-order chi connectivity index (χ1) is 11.7.